The van der Waals surface area contributed by atoms with Gasteiger partial charge >= 0.3 is 6.16 Å². The summed E-state index contributed by atoms with van der Waals surface area (Å²) in [5, 5.41) is 8.95. The van der Waals surface area contributed by atoms with E-state index in [4.69, 9.17) is 18.9 Å². The van der Waals surface area contributed by atoms with Crippen LogP contribution in [0.15, 0.2) is 24.3 Å². The molecule has 3 atom stereocenters. The van der Waals surface area contributed by atoms with Gasteiger partial charge in [-0.2, -0.15) is 0 Å². The second-order valence-electron chi connectivity index (χ2n) is 11.9. The maximum absolute atomic E-state index is 13.5. The van der Waals surface area contributed by atoms with Crippen molar-refractivity contribution in [3.05, 3.63) is 30.0 Å². The Bertz CT molecular complexity index is 1310. The van der Waals surface area contributed by atoms with Crippen LogP contribution in [0, 0.1) is 11.8 Å². The molecule has 4 N–H and O–H groups in total. The third kappa shape index (κ3) is 9.98. The number of methoxy groups -OCH3 is 1. The van der Waals surface area contributed by atoms with E-state index in [1.807, 2.05) is 19.9 Å². The molecular weight excluding hydrogens is 560 g/mol. The highest BCUT2D eigenvalue weighted by atomic mass is 16.8. The molecule has 3 amide bonds. The molecule has 0 radical (unpaired) electrons. The molecule has 0 unspecified atom stereocenters. The number of Topliss-reactive ketones (excluding diaryl/α,β-unsaturated/α-hetero) is 1. The van der Waals surface area contributed by atoms with Gasteiger partial charge in [-0.05, 0) is 64.2 Å². The molecule has 1 aliphatic heterocycles. The molecule has 43 heavy (non-hydrogen) atoms. The predicted molar refractivity (Wildman–Crippen MR) is 156 cm³/mol. The number of ether oxygens (including phenoxy) is 4. The minimum absolute atomic E-state index is 0.0296. The summed E-state index contributed by atoms with van der Waals surface area (Å²) in [4.78, 5) is 66.9. The fourth-order valence-electron chi connectivity index (χ4n) is 4.68. The summed E-state index contributed by atoms with van der Waals surface area (Å²) in [5.41, 5.74) is 0.188. The highest BCUT2D eigenvalue weighted by molar-refractivity contribution is 6.02. The van der Waals surface area contributed by atoms with Crippen molar-refractivity contribution in [3.63, 3.8) is 0 Å². The molecule has 1 aromatic carbocycles. The fourth-order valence-corrected chi connectivity index (χ4v) is 4.68. The van der Waals surface area contributed by atoms with Crippen LogP contribution in [0.25, 0.3) is 10.9 Å². The Morgan fingerprint density at radius 3 is 2.47 bits per heavy atom. The molecule has 2 aromatic rings. The summed E-state index contributed by atoms with van der Waals surface area (Å²) in [6, 6.07) is 4.99. The Morgan fingerprint density at radius 2 is 1.84 bits per heavy atom. The van der Waals surface area contributed by atoms with E-state index in [1.165, 1.54) is 7.11 Å². The van der Waals surface area contributed by atoms with Crippen molar-refractivity contribution in [1.82, 2.24) is 20.9 Å². The SMILES string of the molecule is COc1cccc2[nH]c(C(=O)N[C@@H](CC(C)C)C(=O)N[C@@H](C[C@@H]3CCNC3=O)C(=O)COCOC(=O)OC(C)(C)C)cc12. The van der Waals surface area contributed by atoms with Crippen molar-refractivity contribution < 1.29 is 42.9 Å². The van der Waals surface area contributed by atoms with Crippen molar-refractivity contribution in [1.29, 1.82) is 0 Å². The van der Waals surface area contributed by atoms with Crippen LogP contribution in [0.1, 0.15) is 64.4 Å². The predicted octanol–water partition coefficient (Wildman–Crippen LogP) is 2.83. The lowest BCUT2D eigenvalue weighted by molar-refractivity contribution is -0.135. The number of carbonyl (C=O) groups excluding carboxylic acids is 5. The highest BCUT2D eigenvalue weighted by Gasteiger charge is 2.33. The van der Waals surface area contributed by atoms with Gasteiger partial charge in [0.2, 0.25) is 11.8 Å². The Hall–Kier alpha value is -4.13. The van der Waals surface area contributed by atoms with Gasteiger partial charge in [0, 0.05) is 23.4 Å². The maximum Gasteiger partial charge on any atom is 0.510 e. The molecule has 0 aliphatic carbocycles. The number of fused-ring (bicyclic) bond motifs is 1. The topological polar surface area (TPSA) is 174 Å². The number of ketones is 1. The third-order valence-electron chi connectivity index (χ3n) is 6.70. The van der Waals surface area contributed by atoms with Gasteiger partial charge in [0.25, 0.3) is 5.91 Å². The number of carbonyl (C=O) groups is 5. The quantitative estimate of drug-likeness (QED) is 0.144. The van der Waals surface area contributed by atoms with Crippen LogP contribution in [0.4, 0.5) is 4.79 Å². The first-order valence-electron chi connectivity index (χ1n) is 14.3. The van der Waals surface area contributed by atoms with Crippen LogP contribution in [0.2, 0.25) is 0 Å². The zero-order valence-electron chi connectivity index (χ0n) is 25.5. The third-order valence-corrected chi connectivity index (χ3v) is 6.70. The largest absolute Gasteiger partial charge is 0.510 e. The zero-order valence-corrected chi connectivity index (χ0v) is 25.5. The highest BCUT2D eigenvalue weighted by Crippen LogP contribution is 2.26. The smallest absolute Gasteiger partial charge is 0.496 e. The number of aromatic amines is 1. The van der Waals surface area contributed by atoms with Gasteiger partial charge in [0.15, 0.2) is 12.6 Å². The fraction of sp³-hybridized carbons (Fsp3) is 0.567. The number of hydrogen-bond donors (Lipinski definition) is 4. The number of rotatable bonds is 14. The van der Waals surface area contributed by atoms with E-state index < -0.39 is 60.8 Å². The second-order valence-corrected chi connectivity index (χ2v) is 11.9. The average molecular weight is 603 g/mol. The summed E-state index contributed by atoms with van der Waals surface area (Å²) < 4.78 is 20.5. The number of aromatic nitrogens is 1. The van der Waals surface area contributed by atoms with Gasteiger partial charge in [0.05, 0.1) is 13.2 Å². The lowest BCUT2D eigenvalue weighted by Gasteiger charge is -2.25. The van der Waals surface area contributed by atoms with Crippen molar-refractivity contribution in [3.8, 4) is 5.75 Å². The molecule has 236 valence electrons. The van der Waals surface area contributed by atoms with Gasteiger partial charge in [-0.1, -0.05) is 19.9 Å². The van der Waals surface area contributed by atoms with E-state index in [-0.39, 0.29) is 23.9 Å². The van der Waals surface area contributed by atoms with Gasteiger partial charge < -0.3 is 39.9 Å². The normalized spacial score (nSPS) is 16.3. The standard InChI is InChI=1S/C30H42N4O9/c1-17(2)12-22(34-28(38)23-14-19-20(32-23)8-7-9-25(19)40-6)27(37)33-21(13-18-10-11-31-26(18)36)24(35)15-41-16-42-29(39)43-30(3,4)5/h7-9,14,17-18,21-22,32H,10-13,15-16H2,1-6H3,(H,31,36)(H,33,37)(H,34,38)/t18-,21-,22-/m0/s1. The van der Waals surface area contributed by atoms with Gasteiger partial charge in [-0.3, -0.25) is 19.2 Å². The van der Waals surface area contributed by atoms with Crippen molar-refractivity contribution in [2.75, 3.05) is 27.1 Å². The van der Waals surface area contributed by atoms with Gasteiger partial charge in [-0.15, -0.1) is 0 Å². The van der Waals surface area contributed by atoms with E-state index in [9.17, 15) is 24.0 Å². The first-order chi connectivity index (χ1) is 20.3. The van der Waals surface area contributed by atoms with Crippen LogP contribution in [0.5, 0.6) is 5.75 Å². The van der Waals surface area contributed by atoms with Gasteiger partial charge in [-0.25, -0.2) is 4.79 Å². The summed E-state index contributed by atoms with van der Waals surface area (Å²) in [6.45, 7) is 8.30. The Labute approximate surface area is 250 Å². The van der Waals surface area contributed by atoms with E-state index >= 15 is 0 Å². The van der Waals surface area contributed by atoms with E-state index in [0.717, 1.165) is 5.39 Å². The average Bonchev–Trinajstić information content (AvgIpc) is 3.54. The van der Waals surface area contributed by atoms with Crippen molar-refractivity contribution >= 4 is 40.6 Å². The molecular formula is C30H42N4O9. The molecule has 1 fully saturated rings. The van der Waals surface area contributed by atoms with Crippen molar-refractivity contribution in [2.45, 2.75) is 71.6 Å². The number of H-pyrrole nitrogens is 1. The van der Waals surface area contributed by atoms with Crippen LogP contribution < -0.4 is 20.7 Å². The van der Waals surface area contributed by atoms with Gasteiger partial charge in [0.1, 0.15) is 29.7 Å². The molecule has 0 spiro atoms. The lowest BCUT2D eigenvalue weighted by Crippen LogP contribution is -2.53. The van der Waals surface area contributed by atoms with E-state index in [1.54, 1.807) is 39.0 Å². The number of nitrogens with one attached hydrogen (secondary N) is 4. The lowest BCUT2D eigenvalue weighted by atomic mass is 9.95. The second kappa shape index (κ2) is 14.9. The Morgan fingerprint density at radius 1 is 1.09 bits per heavy atom. The van der Waals surface area contributed by atoms with E-state index in [0.29, 0.717) is 30.7 Å². The molecule has 1 aliphatic rings. The Balaban J connectivity index is 1.69. The molecule has 13 nitrogen and oxygen atoms in total. The molecule has 0 saturated carbocycles. The molecule has 0 bridgehead atoms. The first kappa shape index (κ1) is 33.4. The number of amides is 3. The molecule has 13 heteroatoms. The van der Waals surface area contributed by atoms with E-state index in [2.05, 4.69) is 20.9 Å². The van der Waals surface area contributed by atoms with Crippen LogP contribution in [0.3, 0.4) is 0 Å². The van der Waals surface area contributed by atoms with Crippen molar-refractivity contribution in [2.24, 2.45) is 11.8 Å². The number of benzene rings is 1. The maximum atomic E-state index is 13.5. The summed E-state index contributed by atoms with van der Waals surface area (Å²) in [5.74, 6) is -1.65. The molecule has 2 heterocycles. The van der Waals surface area contributed by atoms with Crippen LogP contribution in [-0.4, -0.2) is 79.4 Å². The summed E-state index contributed by atoms with van der Waals surface area (Å²) in [6.07, 6.45) is -0.0896. The summed E-state index contributed by atoms with van der Waals surface area (Å²) in [7, 11) is 1.54. The zero-order chi connectivity index (χ0) is 31.7. The van der Waals surface area contributed by atoms with Crippen LogP contribution in [-0.2, 0) is 28.6 Å². The minimum Gasteiger partial charge on any atom is -0.496 e. The van der Waals surface area contributed by atoms with Crippen LogP contribution >= 0.6 is 0 Å². The first-order valence-corrected chi connectivity index (χ1v) is 14.3. The monoisotopic (exact) mass is 602 g/mol. The molecule has 3 rings (SSSR count). The number of hydrogen-bond acceptors (Lipinski definition) is 9. The Kier molecular flexibility index (Phi) is 11.5. The molecule has 1 saturated heterocycles. The summed E-state index contributed by atoms with van der Waals surface area (Å²) >= 11 is 0. The molecule has 1 aromatic heterocycles. The minimum atomic E-state index is -1.08.